The summed E-state index contributed by atoms with van der Waals surface area (Å²) in [4.78, 5) is 0. The van der Waals surface area contributed by atoms with Gasteiger partial charge in [0.25, 0.3) is 0 Å². The summed E-state index contributed by atoms with van der Waals surface area (Å²) in [6.45, 7) is -1.66. The Hall–Kier alpha value is 0.830. The van der Waals surface area contributed by atoms with Gasteiger partial charge in [-0.3, -0.25) is 0 Å². The van der Waals surface area contributed by atoms with Crippen molar-refractivity contribution in [2.45, 2.75) is 3.79 Å². The number of halogens is 3. The summed E-state index contributed by atoms with van der Waals surface area (Å²) in [5, 5.41) is 8.16. The Bertz CT molecular complexity index is 58.4. The van der Waals surface area contributed by atoms with Crippen molar-refractivity contribution in [2.75, 3.05) is 6.58 Å². The van der Waals surface area contributed by atoms with E-state index in [0.717, 1.165) is 0 Å². The van der Waals surface area contributed by atoms with E-state index in [9.17, 15) is 0 Å². The van der Waals surface area contributed by atoms with E-state index in [-0.39, 0.29) is 0 Å². The summed E-state index contributed by atoms with van der Waals surface area (Å²) in [6.07, 6.45) is 0. The van der Waals surface area contributed by atoms with Crippen molar-refractivity contribution in [3.05, 3.63) is 0 Å². The molecule has 0 heterocycles. The van der Waals surface area contributed by atoms with E-state index < -0.39 is 10.4 Å². The normalized spacial score (nSPS) is 19.7. The second kappa shape index (κ2) is 2.22. The largest absolute Gasteiger partial charge is 0.392 e. The van der Waals surface area contributed by atoms with Crippen LogP contribution in [-0.4, -0.2) is 15.5 Å². The quantitative estimate of drug-likeness (QED) is 0.517. The van der Waals surface area contributed by atoms with Crippen molar-refractivity contribution in [3.63, 3.8) is 0 Å². The number of hydrogen-bond donors (Lipinski definition) is 1. The molecule has 1 N–H and O–H groups in total. The first kappa shape index (κ1) is 4.98. The highest BCUT2D eigenvalue weighted by Gasteiger charge is 2.16. The molecule has 38 valence electrons. The van der Waals surface area contributed by atoms with Gasteiger partial charge in [0.05, 0.1) is 7.95 Å². The van der Waals surface area contributed by atoms with Crippen LogP contribution in [0.1, 0.15) is 1.37 Å². The lowest BCUT2D eigenvalue weighted by molar-refractivity contribution is 0.303. The molecule has 0 aromatic rings. The third-order valence-electron chi connectivity index (χ3n) is 0.146. The maximum absolute atomic E-state index is 8.16. The molecule has 0 aromatic carbocycles. The van der Waals surface area contributed by atoms with Crippen LogP contribution < -0.4 is 0 Å². The molecular formula is C2H3Cl3O. The fourth-order valence-electron chi connectivity index (χ4n) is 0. The first-order valence-corrected chi connectivity index (χ1v) is 2.25. The molecule has 1 unspecified atom stereocenters. The fraction of sp³-hybridized carbons (Fsp3) is 1.00. The van der Waals surface area contributed by atoms with Crippen LogP contribution in [0, 0.1) is 0 Å². The van der Waals surface area contributed by atoms with Crippen LogP contribution in [0.5, 0.6) is 0 Å². The van der Waals surface area contributed by atoms with Gasteiger partial charge in [-0.15, -0.1) is 0 Å². The summed E-state index contributed by atoms with van der Waals surface area (Å²) < 4.78 is 4.53. The number of aliphatic hydroxyl groups excluding tert-OH is 1. The van der Waals surface area contributed by atoms with E-state index in [1.165, 1.54) is 0 Å². The third kappa shape index (κ3) is 4.83. The van der Waals surface area contributed by atoms with Crippen molar-refractivity contribution in [3.8, 4) is 0 Å². The van der Waals surface area contributed by atoms with Crippen molar-refractivity contribution in [1.29, 1.82) is 0 Å². The lowest BCUT2D eigenvalue weighted by Crippen LogP contribution is -2.06. The minimum Gasteiger partial charge on any atom is -0.392 e. The Labute approximate surface area is 52.2 Å². The molecule has 0 saturated heterocycles. The maximum atomic E-state index is 8.16. The van der Waals surface area contributed by atoms with E-state index in [1.54, 1.807) is 0 Å². The molecule has 0 bridgehead atoms. The lowest BCUT2D eigenvalue weighted by atomic mass is 10.9. The van der Waals surface area contributed by atoms with Crippen LogP contribution in [0.3, 0.4) is 0 Å². The molecule has 6 heavy (non-hydrogen) atoms. The minimum atomic E-state index is -1.86. The van der Waals surface area contributed by atoms with Gasteiger partial charge in [-0.1, -0.05) is 34.8 Å². The minimum absolute atomic E-state index is 1.66. The molecule has 0 aliphatic heterocycles. The average Bonchev–Trinajstić information content (AvgIpc) is 1.31. The zero-order valence-corrected chi connectivity index (χ0v) is 4.93. The number of hydrogen-bond acceptors (Lipinski definition) is 1. The zero-order chi connectivity index (χ0) is 6.08. The molecule has 1 atom stereocenters. The SMILES string of the molecule is [2H]C(O)C(Cl)(Cl)Cl. The molecule has 0 aromatic heterocycles. The zero-order valence-electron chi connectivity index (χ0n) is 3.66. The van der Waals surface area contributed by atoms with Crippen LogP contribution in [0.2, 0.25) is 0 Å². The molecule has 0 amide bonds. The summed E-state index contributed by atoms with van der Waals surface area (Å²) in [7, 11) is 0. The van der Waals surface area contributed by atoms with E-state index in [2.05, 4.69) is 0 Å². The average molecular weight is 150 g/mol. The smallest absolute Gasteiger partial charge is 0.213 e. The topological polar surface area (TPSA) is 20.2 Å². The monoisotopic (exact) mass is 149 g/mol. The molecule has 4 heteroatoms. The van der Waals surface area contributed by atoms with Gasteiger partial charge in [0.1, 0.15) is 0 Å². The van der Waals surface area contributed by atoms with Crippen LogP contribution in [0.25, 0.3) is 0 Å². The molecule has 1 nitrogen and oxygen atoms in total. The molecule has 0 aliphatic carbocycles. The Balaban J connectivity index is 3.54. The lowest BCUT2D eigenvalue weighted by Gasteiger charge is -2.01. The van der Waals surface area contributed by atoms with Gasteiger partial charge in [-0.2, -0.15) is 0 Å². The van der Waals surface area contributed by atoms with Crippen LogP contribution >= 0.6 is 34.8 Å². The number of rotatable bonds is 0. The summed E-state index contributed by atoms with van der Waals surface area (Å²) in [6, 6.07) is 0. The first-order valence-electron chi connectivity index (χ1n) is 1.69. The van der Waals surface area contributed by atoms with Gasteiger partial charge in [0, 0.05) is 0 Å². The van der Waals surface area contributed by atoms with Crippen LogP contribution in [-0.2, 0) is 0 Å². The number of alkyl halides is 3. The van der Waals surface area contributed by atoms with E-state index in [4.69, 9.17) is 41.3 Å². The van der Waals surface area contributed by atoms with Gasteiger partial charge in [-0.05, 0) is 0 Å². The van der Waals surface area contributed by atoms with Gasteiger partial charge in [0.15, 0.2) is 0 Å². The Morgan fingerprint density at radius 3 is 1.83 bits per heavy atom. The molecule has 0 aliphatic rings. The fourth-order valence-corrected chi connectivity index (χ4v) is 0. The third-order valence-corrected chi connectivity index (χ3v) is 0.439. The standard InChI is InChI=1S/C2H3Cl3O/c3-2(4,5)1-6/h6H,1H2/i1D. The van der Waals surface area contributed by atoms with E-state index in [1.807, 2.05) is 0 Å². The van der Waals surface area contributed by atoms with Crippen molar-refractivity contribution >= 4 is 34.8 Å². The van der Waals surface area contributed by atoms with E-state index >= 15 is 0 Å². The van der Waals surface area contributed by atoms with Gasteiger partial charge in [-0.25, -0.2) is 0 Å². The molecule has 0 radical (unpaired) electrons. The predicted octanol–water partition coefficient (Wildman–Crippen LogP) is 1.35. The van der Waals surface area contributed by atoms with E-state index in [0.29, 0.717) is 0 Å². The van der Waals surface area contributed by atoms with Crippen LogP contribution in [0.4, 0.5) is 0 Å². The first-order chi connectivity index (χ1) is 2.94. The summed E-state index contributed by atoms with van der Waals surface area (Å²) >= 11 is 14.9. The summed E-state index contributed by atoms with van der Waals surface area (Å²) in [5.41, 5.74) is 0. The van der Waals surface area contributed by atoms with Gasteiger partial charge in [0.2, 0.25) is 3.79 Å². The summed E-state index contributed by atoms with van der Waals surface area (Å²) in [5.74, 6) is 0. The van der Waals surface area contributed by atoms with Gasteiger partial charge >= 0.3 is 0 Å². The Kier molecular flexibility index (Phi) is 1.84. The molecule has 0 rings (SSSR count). The molecule has 0 fully saturated rings. The second-order valence-corrected chi connectivity index (χ2v) is 3.04. The Morgan fingerprint density at radius 2 is 1.83 bits per heavy atom. The van der Waals surface area contributed by atoms with Crippen LogP contribution in [0.15, 0.2) is 0 Å². The maximum Gasteiger partial charge on any atom is 0.213 e. The Morgan fingerprint density at radius 1 is 1.67 bits per heavy atom. The molecule has 0 saturated carbocycles. The predicted molar refractivity (Wildman–Crippen MR) is 27.4 cm³/mol. The van der Waals surface area contributed by atoms with Crippen molar-refractivity contribution in [1.82, 2.24) is 0 Å². The van der Waals surface area contributed by atoms with Gasteiger partial charge < -0.3 is 5.11 Å². The highest BCUT2D eigenvalue weighted by molar-refractivity contribution is 6.67. The highest BCUT2D eigenvalue weighted by atomic mass is 35.6. The van der Waals surface area contributed by atoms with Crippen molar-refractivity contribution < 1.29 is 6.48 Å². The molecule has 0 spiro atoms. The second-order valence-electron chi connectivity index (χ2n) is 0.671. The molecular weight excluding hydrogens is 146 g/mol. The van der Waals surface area contributed by atoms with Crippen molar-refractivity contribution in [2.24, 2.45) is 0 Å². The highest BCUT2D eigenvalue weighted by Crippen LogP contribution is 2.23. The number of aliphatic hydroxyl groups is 1.